The van der Waals surface area contributed by atoms with Gasteiger partial charge in [0.05, 0.1) is 50.3 Å². The average molecular weight is 787 g/mol. The number of fused-ring (bicyclic) bond motifs is 1. The number of benzene rings is 1. The molecule has 1 N–H and O–H groups in total. The van der Waals surface area contributed by atoms with E-state index in [0.29, 0.717) is 43.1 Å². The van der Waals surface area contributed by atoms with E-state index >= 15 is 0 Å². The highest BCUT2D eigenvalue weighted by atomic mass is 31.2. The zero-order valence-corrected chi connectivity index (χ0v) is 33.4. The summed E-state index contributed by atoms with van der Waals surface area (Å²) in [5, 5.41) is 7.18. The van der Waals surface area contributed by atoms with Gasteiger partial charge in [0, 0.05) is 26.9 Å². The number of para-hydroxylation sites is 1. The number of hydrogen-bond donors (Lipinski definition) is 1. The van der Waals surface area contributed by atoms with Gasteiger partial charge in [0.2, 0.25) is 5.60 Å². The predicted octanol–water partition coefficient (Wildman–Crippen LogP) is 4.61. The van der Waals surface area contributed by atoms with Gasteiger partial charge in [0.15, 0.2) is 11.9 Å². The third-order valence-electron chi connectivity index (χ3n) is 8.98. The molecular formula is C37H51N6O11P. The van der Waals surface area contributed by atoms with Crippen LogP contribution in [0.2, 0.25) is 0 Å². The molecule has 1 aromatic carbocycles. The van der Waals surface area contributed by atoms with Gasteiger partial charge < -0.3 is 33.1 Å². The molecule has 2 aromatic heterocycles. The molecule has 17 nitrogen and oxygen atoms in total. The molecule has 0 spiro atoms. The van der Waals surface area contributed by atoms with Crippen LogP contribution in [0.3, 0.4) is 0 Å². The number of aromatic nitrogens is 3. The normalized spacial score (nSPS) is 23.5. The van der Waals surface area contributed by atoms with Gasteiger partial charge in [-0.2, -0.15) is 10.2 Å². The number of nitrogens with one attached hydrogen (secondary N) is 1. The van der Waals surface area contributed by atoms with Crippen LogP contribution in [-0.2, 0) is 52.8 Å². The Morgan fingerprint density at radius 3 is 2.36 bits per heavy atom. The topological polar surface area (TPSA) is 191 Å². The summed E-state index contributed by atoms with van der Waals surface area (Å²) in [6.07, 6.45) is 2.23. The number of carbonyl (C=O) groups excluding carboxylic acids is 3. The molecule has 2 fully saturated rings. The standard InChI is InChI=1S/C37H51N6O11P/c1-24(2)32(44)52-35-36(6,20-50-55(47,54-28-12-10-9-11-13-28)41-26(5)34(46)51-27-16-18-48-19-17-27)49-21-37(35,53-33(45)25(3)4)30-15-14-29-31(39-23-42(7)8)38-22-40-43(29)30/h9-15,22-27,35H,16-21H2,1-8H3,(H,41,47)/b39-23+/t26-,35+,36+,37-,55-/m0/s1. The molecule has 0 saturated carbocycles. The zero-order chi connectivity index (χ0) is 40.0. The molecule has 3 aromatic rings. The van der Waals surface area contributed by atoms with E-state index in [1.165, 1.54) is 17.8 Å². The summed E-state index contributed by atoms with van der Waals surface area (Å²) < 4.78 is 58.1. The molecule has 2 aliphatic rings. The molecule has 300 valence electrons. The van der Waals surface area contributed by atoms with Gasteiger partial charge in [-0.3, -0.25) is 18.9 Å². The lowest BCUT2D eigenvalue weighted by atomic mass is 9.85. The van der Waals surface area contributed by atoms with Gasteiger partial charge in [0.1, 0.15) is 35.3 Å². The van der Waals surface area contributed by atoms with Crippen molar-refractivity contribution in [3.63, 3.8) is 0 Å². The summed E-state index contributed by atoms with van der Waals surface area (Å²) in [6, 6.07) is 10.5. The van der Waals surface area contributed by atoms with Gasteiger partial charge in [-0.1, -0.05) is 45.9 Å². The van der Waals surface area contributed by atoms with Gasteiger partial charge >= 0.3 is 25.7 Å². The van der Waals surface area contributed by atoms with Crippen molar-refractivity contribution in [2.75, 3.05) is 40.5 Å². The molecule has 0 bridgehead atoms. The highest BCUT2D eigenvalue weighted by Crippen LogP contribution is 2.51. The molecule has 2 saturated heterocycles. The van der Waals surface area contributed by atoms with E-state index in [1.807, 2.05) is 14.1 Å². The van der Waals surface area contributed by atoms with E-state index < -0.39 is 67.4 Å². The summed E-state index contributed by atoms with van der Waals surface area (Å²) in [5.41, 5.74) is -2.65. The predicted molar refractivity (Wildman–Crippen MR) is 200 cm³/mol. The van der Waals surface area contributed by atoms with Gasteiger partial charge in [0.25, 0.3) is 0 Å². The summed E-state index contributed by atoms with van der Waals surface area (Å²) in [7, 11) is -0.802. The van der Waals surface area contributed by atoms with Crippen LogP contribution >= 0.6 is 7.75 Å². The summed E-state index contributed by atoms with van der Waals surface area (Å²) in [6.45, 7) is 9.82. The lowest BCUT2D eigenvalue weighted by Gasteiger charge is -2.38. The molecular weight excluding hydrogens is 735 g/mol. The minimum atomic E-state index is -4.44. The summed E-state index contributed by atoms with van der Waals surface area (Å²) >= 11 is 0. The molecule has 4 heterocycles. The van der Waals surface area contributed by atoms with Crippen molar-refractivity contribution in [2.45, 2.75) is 83.8 Å². The maximum absolute atomic E-state index is 14.6. The van der Waals surface area contributed by atoms with Crippen LogP contribution in [0.25, 0.3) is 5.52 Å². The first kappa shape index (κ1) is 41.7. The summed E-state index contributed by atoms with van der Waals surface area (Å²) in [5.74, 6) is -2.55. The molecule has 55 heavy (non-hydrogen) atoms. The fraction of sp³-hybridized carbons (Fsp3) is 0.568. The van der Waals surface area contributed by atoms with E-state index in [1.54, 1.807) is 88.3 Å². The van der Waals surface area contributed by atoms with Crippen molar-refractivity contribution < 1.29 is 51.7 Å². The Morgan fingerprint density at radius 2 is 1.71 bits per heavy atom. The van der Waals surface area contributed by atoms with Crippen LogP contribution in [0, 0.1) is 11.8 Å². The van der Waals surface area contributed by atoms with E-state index in [-0.39, 0.29) is 18.5 Å². The SMILES string of the molecule is CC(C)C(=O)O[C@@H]1[C@@](C)(CO[P@@](=O)(N[C@@H](C)C(=O)OC2CCOCC2)Oc2ccccc2)OC[C@]1(OC(=O)C(C)C)c1ccc2c(/N=C/N(C)C)ncnn12. The lowest BCUT2D eigenvalue weighted by molar-refractivity contribution is -0.193. The van der Waals surface area contributed by atoms with E-state index in [0.717, 1.165) is 0 Å². The van der Waals surface area contributed by atoms with E-state index in [4.69, 9.17) is 32.7 Å². The first-order chi connectivity index (χ1) is 26.1. The van der Waals surface area contributed by atoms with E-state index in [2.05, 4.69) is 20.2 Å². The minimum absolute atomic E-state index is 0.191. The smallest absolute Gasteiger partial charge is 0.459 e. The van der Waals surface area contributed by atoms with Crippen LogP contribution < -0.4 is 9.61 Å². The molecule has 2 aliphatic heterocycles. The van der Waals surface area contributed by atoms with Crippen molar-refractivity contribution in [3.05, 3.63) is 54.5 Å². The highest BCUT2D eigenvalue weighted by Gasteiger charge is 2.64. The van der Waals surface area contributed by atoms with Crippen LogP contribution in [0.4, 0.5) is 5.82 Å². The van der Waals surface area contributed by atoms with Crippen molar-refractivity contribution in [2.24, 2.45) is 16.8 Å². The van der Waals surface area contributed by atoms with Crippen LogP contribution in [0.5, 0.6) is 5.75 Å². The van der Waals surface area contributed by atoms with Crippen molar-refractivity contribution in [3.8, 4) is 5.75 Å². The zero-order valence-electron chi connectivity index (χ0n) is 32.5. The fourth-order valence-corrected chi connectivity index (χ4v) is 7.52. The van der Waals surface area contributed by atoms with Crippen LogP contribution in [-0.4, -0.2) is 108 Å². The Bertz CT molecular complexity index is 1880. The average Bonchev–Trinajstić information content (AvgIpc) is 3.70. The number of carbonyl (C=O) groups is 3. The largest absolute Gasteiger partial charge is 0.461 e. The van der Waals surface area contributed by atoms with Crippen LogP contribution in [0.1, 0.15) is 60.1 Å². The molecule has 0 unspecified atom stereocenters. The third kappa shape index (κ3) is 9.89. The minimum Gasteiger partial charge on any atom is -0.461 e. The molecule has 0 aliphatic carbocycles. The highest BCUT2D eigenvalue weighted by molar-refractivity contribution is 7.52. The maximum atomic E-state index is 14.6. The number of nitrogens with zero attached hydrogens (tertiary/aromatic N) is 5. The van der Waals surface area contributed by atoms with Gasteiger partial charge in [-0.15, -0.1) is 0 Å². The number of rotatable bonds is 16. The summed E-state index contributed by atoms with van der Waals surface area (Å²) in [4.78, 5) is 50.7. The Labute approximate surface area is 320 Å². The third-order valence-corrected chi connectivity index (χ3v) is 10.6. The first-order valence-electron chi connectivity index (χ1n) is 18.2. The monoisotopic (exact) mass is 786 g/mol. The lowest BCUT2D eigenvalue weighted by Crippen LogP contribution is -2.55. The number of ether oxygens (including phenoxy) is 5. The molecule has 5 atom stereocenters. The van der Waals surface area contributed by atoms with Crippen LogP contribution in [0.15, 0.2) is 53.8 Å². The molecule has 18 heteroatoms. The molecule has 5 rings (SSSR count). The second kappa shape index (κ2) is 17.6. The fourth-order valence-electron chi connectivity index (χ4n) is 5.93. The second-order valence-corrected chi connectivity index (χ2v) is 16.3. The van der Waals surface area contributed by atoms with Gasteiger partial charge in [-0.05, 0) is 38.1 Å². The first-order valence-corrected chi connectivity index (χ1v) is 19.8. The van der Waals surface area contributed by atoms with Gasteiger partial charge in [-0.25, -0.2) is 19.1 Å². The number of esters is 3. The maximum Gasteiger partial charge on any atom is 0.459 e. The Hall–Kier alpha value is -4.41. The number of aliphatic imine (C=N–C) groups is 1. The van der Waals surface area contributed by atoms with Crippen molar-refractivity contribution in [1.82, 2.24) is 24.6 Å². The molecule has 0 amide bonds. The Balaban J connectivity index is 1.54. The van der Waals surface area contributed by atoms with E-state index in [9.17, 15) is 18.9 Å². The quantitative estimate of drug-likeness (QED) is 0.0696. The van der Waals surface area contributed by atoms with Crippen molar-refractivity contribution in [1.29, 1.82) is 0 Å². The number of hydrogen-bond acceptors (Lipinski definition) is 14. The van der Waals surface area contributed by atoms with Crippen molar-refractivity contribution >= 4 is 43.3 Å². The molecule has 0 radical (unpaired) electrons. The Kier molecular flexibility index (Phi) is 13.3. The second-order valence-electron chi connectivity index (χ2n) is 14.6. The Morgan fingerprint density at radius 1 is 1.02 bits per heavy atom.